The van der Waals surface area contributed by atoms with Gasteiger partial charge < -0.3 is 5.32 Å². The van der Waals surface area contributed by atoms with Gasteiger partial charge in [0, 0.05) is 17.1 Å². The quantitative estimate of drug-likeness (QED) is 0.862. The minimum Gasteiger partial charge on any atom is -0.313 e. The summed E-state index contributed by atoms with van der Waals surface area (Å²) >= 11 is 1.27. The van der Waals surface area contributed by atoms with E-state index in [1.54, 1.807) is 24.3 Å². The summed E-state index contributed by atoms with van der Waals surface area (Å²) in [6, 6.07) is 10.8. The molecule has 1 aromatic carbocycles. The molecule has 0 amide bonds. The van der Waals surface area contributed by atoms with Crippen molar-refractivity contribution >= 4 is 27.0 Å². The van der Waals surface area contributed by atoms with Crippen molar-refractivity contribution < 1.29 is 8.42 Å². The standard InChI is InChI=1S/C14H18N2O2S2/c1-3-15-10-12-5-7-13(8-6-12)16-20(17,18)14-9-4-11(2)19-14/h4-9,15-16H,3,10H2,1-2H3. The Morgan fingerprint density at radius 3 is 2.35 bits per heavy atom. The Balaban J connectivity index is 2.09. The first-order valence-corrected chi connectivity index (χ1v) is 8.70. The summed E-state index contributed by atoms with van der Waals surface area (Å²) in [4.78, 5) is 0.978. The lowest BCUT2D eigenvalue weighted by molar-refractivity contribution is 0.603. The van der Waals surface area contributed by atoms with Crippen LogP contribution in [0.25, 0.3) is 0 Å². The molecule has 4 nitrogen and oxygen atoms in total. The van der Waals surface area contributed by atoms with Gasteiger partial charge >= 0.3 is 0 Å². The maximum atomic E-state index is 12.2. The van der Waals surface area contributed by atoms with E-state index < -0.39 is 10.0 Å². The van der Waals surface area contributed by atoms with Gasteiger partial charge in [0.05, 0.1) is 0 Å². The van der Waals surface area contributed by atoms with Gasteiger partial charge in [-0.25, -0.2) is 8.42 Å². The van der Waals surface area contributed by atoms with Crippen LogP contribution in [0, 0.1) is 6.92 Å². The number of anilines is 1. The van der Waals surface area contributed by atoms with Crippen molar-refractivity contribution in [3.8, 4) is 0 Å². The van der Waals surface area contributed by atoms with Gasteiger partial charge in [-0.05, 0) is 43.3 Å². The van der Waals surface area contributed by atoms with Crippen molar-refractivity contribution in [1.82, 2.24) is 5.32 Å². The van der Waals surface area contributed by atoms with Gasteiger partial charge in [0.1, 0.15) is 4.21 Å². The molecule has 0 aliphatic carbocycles. The van der Waals surface area contributed by atoms with Gasteiger partial charge in [-0.15, -0.1) is 11.3 Å². The summed E-state index contributed by atoms with van der Waals surface area (Å²) in [6.45, 7) is 5.63. The summed E-state index contributed by atoms with van der Waals surface area (Å²) < 4.78 is 27.3. The minimum atomic E-state index is -3.47. The molecule has 2 rings (SSSR count). The zero-order valence-corrected chi connectivity index (χ0v) is 13.1. The van der Waals surface area contributed by atoms with Crippen LogP contribution in [0.5, 0.6) is 0 Å². The molecule has 108 valence electrons. The van der Waals surface area contributed by atoms with E-state index in [9.17, 15) is 8.42 Å². The van der Waals surface area contributed by atoms with E-state index in [1.807, 2.05) is 26.0 Å². The molecule has 0 fully saturated rings. The third-order valence-electron chi connectivity index (χ3n) is 2.77. The molecule has 20 heavy (non-hydrogen) atoms. The SMILES string of the molecule is CCNCc1ccc(NS(=O)(=O)c2ccc(C)s2)cc1. The average Bonchev–Trinajstić information content (AvgIpc) is 2.85. The Morgan fingerprint density at radius 1 is 1.10 bits per heavy atom. The molecule has 0 aliphatic heterocycles. The fourth-order valence-electron chi connectivity index (χ4n) is 1.72. The minimum absolute atomic E-state index is 0.340. The highest BCUT2D eigenvalue weighted by atomic mass is 32.2. The largest absolute Gasteiger partial charge is 0.313 e. The highest BCUT2D eigenvalue weighted by Crippen LogP contribution is 2.23. The Labute approximate surface area is 123 Å². The van der Waals surface area contributed by atoms with E-state index in [2.05, 4.69) is 10.0 Å². The van der Waals surface area contributed by atoms with Crippen LogP contribution in [0.4, 0.5) is 5.69 Å². The lowest BCUT2D eigenvalue weighted by Crippen LogP contribution is -2.13. The summed E-state index contributed by atoms with van der Waals surface area (Å²) in [6.07, 6.45) is 0. The van der Waals surface area contributed by atoms with Crippen molar-refractivity contribution in [1.29, 1.82) is 0 Å². The summed E-state index contributed by atoms with van der Waals surface area (Å²) in [7, 11) is -3.47. The van der Waals surface area contributed by atoms with E-state index in [-0.39, 0.29) is 0 Å². The van der Waals surface area contributed by atoms with E-state index in [0.717, 1.165) is 23.5 Å². The fourth-order valence-corrected chi connectivity index (χ4v) is 4.06. The highest BCUT2D eigenvalue weighted by molar-refractivity contribution is 7.94. The average molecular weight is 310 g/mol. The van der Waals surface area contributed by atoms with Crippen LogP contribution in [-0.2, 0) is 16.6 Å². The molecule has 0 atom stereocenters. The molecular formula is C14H18N2O2S2. The molecule has 0 aliphatic rings. The second kappa shape index (κ2) is 6.39. The summed E-state index contributed by atoms with van der Waals surface area (Å²) in [5.74, 6) is 0. The number of thiophene rings is 1. The molecule has 0 bridgehead atoms. The van der Waals surface area contributed by atoms with Gasteiger partial charge in [-0.3, -0.25) is 4.72 Å². The fraction of sp³-hybridized carbons (Fsp3) is 0.286. The van der Waals surface area contributed by atoms with Gasteiger partial charge in [0.25, 0.3) is 10.0 Å². The van der Waals surface area contributed by atoms with Gasteiger partial charge in [0.15, 0.2) is 0 Å². The molecule has 0 saturated heterocycles. The van der Waals surface area contributed by atoms with Gasteiger partial charge in [-0.1, -0.05) is 19.1 Å². The topological polar surface area (TPSA) is 58.2 Å². The molecule has 6 heteroatoms. The number of sulfonamides is 1. The van der Waals surface area contributed by atoms with Crippen LogP contribution in [-0.4, -0.2) is 15.0 Å². The maximum Gasteiger partial charge on any atom is 0.271 e. The molecule has 1 aromatic heterocycles. The predicted molar refractivity (Wildman–Crippen MR) is 83.7 cm³/mol. The Kier molecular flexibility index (Phi) is 4.80. The monoisotopic (exact) mass is 310 g/mol. The van der Waals surface area contributed by atoms with Crippen molar-refractivity contribution in [3.05, 3.63) is 46.8 Å². The Bertz CT molecular complexity index is 661. The van der Waals surface area contributed by atoms with E-state index in [1.165, 1.54) is 11.3 Å². The first-order valence-electron chi connectivity index (χ1n) is 6.40. The third-order valence-corrected chi connectivity index (χ3v) is 5.64. The van der Waals surface area contributed by atoms with Crippen molar-refractivity contribution in [3.63, 3.8) is 0 Å². The second-order valence-electron chi connectivity index (χ2n) is 4.45. The highest BCUT2D eigenvalue weighted by Gasteiger charge is 2.15. The molecule has 0 radical (unpaired) electrons. The maximum absolute atomic E-state index is 12.2. The molecule has 2 aromatic rings. The van der Waals surface area contributed by atoms with Crippen LogP contribution in [0.15, 0.2) is 40.6 Å². The van der Waals surface area contributed by atoms with Crippen LogP contribution >= 0.6 is 11.3 Å². The van der Waals surface area contributed by atoms with E-state index in [4.69, 9.17) is 0 Å². The smallest absolute Gasteiger partial charge is 0.271 e. The second-order valence-corrected chi connectivity index (χ2v) is 7.64. The number of benzene rings is 1. The number of hydrogen-bond acceptors (Lipinski definition) is 4. The third kappa shape index (κ3) is 3.82. The first-order chi connectivity index (χ1) is 9.51. The predicted octanol–water partition coefficient (Wildman–Crippen LogP) is 2.97. The molecule has 0 unspecified atom stereocenters. The number of hydrogen-bond donors (Lipinski definition) is 2. The lowest BCUT2D eigenvalue weighted by atomic mass is 10.2. The van der Waals surface area contributed by atoms with Crippen LogP contribution in [0.1, 0.15) is 17.4 Å². The zero-order chi connectivity index (χ0) is 14.6. The molecular weight excluding hydrogens is 292 g/mol. The van der Waals surface area contributed by atoms with Crippen molar-refractivity contribution in [2.75, 3.05) is 11.3 Å². The summed E-state index contributed by atoms with van der Waals surface area (Å²) in [5.41, 5.74) is 1.71. The van der Waals surface area contributed by atoms with Crippen LogP contribution < -0.4 is 10.0 Å². The summed E-state index contributed by atoms with van der Waals surface area (Å²) in [5, 5.41) is 3.22. The van der Waals surface area contributed by atoms with Gasteiger partial charge in [0.2, 0.25) is 0 Å². The number of nitrogens with one attached hydrogen (secondary N) is 2. The molecule has 0 spiro atoms. The van der Waals surface area contributed by atoms with E-state index >= 15 is 0 Å². The zero-order valence-electron chi connectivity index (χ0n) is 11.5. The van der Waals surface area contributed by atoms with Crippen LogP contribution in [0.3, 0.4) is 0 Å². The van der Waals surface area contributed by atoms with Crippen molar-refractivity contribution in [2.45, 2.75) is 24.6 Å². The Morgan fingerprint density at radius 2 is 1.80 bits per heavy atom. The first kappa shape index (κ1) is 15.0. The van der Waals surface area contributed by atoms with E-state index in [0.29, 0.717) is 9.90 Å². The van der Waals surface area contributed by atoms with Crippen molar-refractivity contribution in [2.24, 2.45) is 0 Å². The number of rotatable bonds is 6. The molecule has 0 saturated carbocycles. The Hall–Kier alpha value is -1.37. The number of aryl methyl sites for hydroxylation is 1. The normalized spacial score (nSPS) is 11.5. The molecule has 1 heterocycles. The molecule has 2 N–H and O–H groups in total. The van der Waals surface area contributed by atoms with Crippen LogP contribution in [0.2, 0.25) is 0 Å². The van der Waals surface area contributed by atoms with Gasteiger partial charge in [-0.2, -0.15) is 0 Å². The lowest BCUT2D eigenvalue weighted by Gasteiger charge is -2.07.